The lowest BCUT2D eigenvalue weighted by Gasteiger charge is -2.19. The molecule has 0 fully saturated rings. The molecule has 0 bridgehead atoms. The Kier molecular flexibility index (Phi) is 7.35. The van der Waals surface area contributed by atoms with Gasteiger partial charge in [-0.2, -0.15) is 4.31 Å². The van der Waals surface area contributed by atoms with Gasteiger partial charge in [0.2, 0.25) is 10.0 Å². The van der Waals surface area contributed by atoms with Crippen molar-refractivity contribution in [1.29, 1.82) is 0 Å². The normalized spacial score (nSPS) is 11.6. The van der Waals surface area contributed by atoms with Crippen molar-refractivity contribution in [2.75, 3.05) is 19.6 Å². The summed E-state index contributed by atoms with van der Waals surface area (Å²) in [5.41, 5.74) is 0.977. The maximum absolute atomic E-state index is 12.9. The molecular weight excluding hydrogens is 391 g/mol. The van der Waals surface area contributed by atoms with Crippen LogP contribution in [0, 0.1) is 5.82 Å². The second-order valence-electron chi connectivity index (χ2n) is 5.86. The third kappa shape index (κ3) is 5.28. The molecule has 1 amide bonds. The van der Waals surface area contributed by atoms with Crippen molar-refractivity contribution in [1.82, 2.24) is 9.62 Å². The lowest BCUT2D eigenvalue weighted by atomic mass is 10.1. The smallest absolute Gasteiger partial charge is 0.252 e. The zero-order valence-corrected chi connectivity index (χ0v) is 16.8. The molecule has 0 aliphatic carbocycles. The van der Waals surface area contributed by atoms with Gasteiger partial charge in [0.05, 0.1) is 15.5 Å². The summed E-state index contributed by atoms with van der Waals surface area (Å²) < 4.78 is 39.5. The summed E-state index contributed by atoms with van der Waals surface area (Å²) in [6, 6.07) is 10.1. The summed E-state index contributed by atoms with van der Waals surface area (Å²) in [6.07, 6.45) is 0.515. The van der Waals surface area contributed by atoms with E-state index in [1.54, 1.807) is 26.0 Å². The summed E-state index contributed by atoms with van der Waals surface area (Å²) >= 11 is 6.09. The number of nitrogens with zero attached hydrogens (tertiary/aromatic N) is 1. The summed E-state index contributed by atoms with van der Waals surface area (Å²) in [5, 5.41) is 2.89. The second-order valence-corrected chi connectivity index (χ2v) is 8.21. The molecule has 1 N–H and O–H groups in total. The predicted octanol–water partition coefficient (Wildman–Crippen LogP) is 3.48. The third-order valence-corrected chi connectivity index (χ3v) is 6.51. The number of hydrogen-bond acceptors (Lipinski definition) is 3. The molecule has 2 aromatic rings. The number of halogens is 2. The Hall–Kier alpha value is -1.96. The highest BCUT2D eigenvalue weighted by Crippen LogP contribution is 2.23. The minimum atomic E-state index is -3.68. The Morgan fingerprint density at radius 3 is 2.33 bits per heavy atom. The van der Waals surface area contributed by atoms with Crippen LogP contribution in [0.25, 0.3) is 0 Å². The van der Waals surface area contributed by atoms with Crippen molar-refractivity contribution in [3.8, 4) is 0 Å². The number of carbonyl (C=O) groups excluding carboxylic acids is 1. The van der Waals surface area contributed by atoms with Crippen LogP contribution in [-0.2, 0) is 16.4 Å². The molecule has 2 rings (SSSR count). The Morgan fingerprint density at radius 2 is 1.74 bits per heavy atom. The molecule has 27 heavy (non-hydrogen) atoms. The lowest BCUT2D eigenvalue weighted by molar-refractivity contribution is 0.0954. The minimum absolute atomic E-state index is 0.0271. The van der Waals surface area contributed by atoms with Crippen molar-refractivity contribution in [2.45, 2.75) is 25.2 Å². The summed E-state index contributed by atoms with van der Waals surface area (Å²) in [7, 11) is -3.68. The first-order chi connectivity index (χ1) is 12.8. The third-order valence-electron chi connectivity index (χ3n) is 4.14. The molecule has 0 aliphatic rings. The Balaban J connectivity index is 2.12. The molecule has 0 saturated heterocycles. The highest BCUT2D eigenvalue weighted by molar-refractivity contribution is 7.89. The molecular formula is C19H22ClFN2O3S. The highest BCUT2D eigenvalue weighted by Gasteiger charge is 2.23. The maximum atomic E-state index is 12.9. The number of amides is 1. The van der Waals surface area contributed by atoms with E-state index in [-0.39, 0.29) is 21.3 Å². The van der Waals surface area contributed by atoms with Crippen LogP contribution < -0.4 is 5.32 Å². The Labute approximate surface area is 164 Å². The average molecular weight is 413 g/mol. The molecule has 0 unspecified atom stereocenters. The van der Waals surface area contributed by atoms with Crippen molar-refractivity contribution >= 4 is 27.5 Å². The van der Waals surface area contributed by atoms with Gasteiger partial charge in [0.15, 0.2) is 0 Å². The van der Waals surface area contributed by atoms with Gasteiger partial charge in [-0.15, -0.1) is 0 Å². The van der Waals surface area contributed by atoms with E-state index in [1.165, 1.54) is 34.6 Å². The predicted molar refractivity (Wildman–Crippen MR) is 104 cm³/mol. The number of carbonyl (C=O) groups is 1. The van der Waals surface area contributed by atoms with Crippen LogP contribution >= 0.6 is 11.6 Å². The second kappa shape index (κ2) is 9.30. The van der Waals surface area contributed by atoms with E-state index in [1.807, 2.05) is 0 Å². The quantitative estimate of drug-likeness (QED) is 0.721. The number of benzene rings is 2. The van der Waals surface area contributed by atoms with Gasteiger partial charge in [0.25, 0.3) is 5.91 Å². The molecule has 0 radical (unpaired) electrons. The van der Waals surface area contributed by atoms with E-state index in [4.69, 9.17) is 11.6 Å². The zero-order chi connectivity index (χ0) is 20.0. The van der Waals surface area contributed by atoms with Crippen LogP contribution in [0.2, 0.25) is 5.02 Å². The van der Waals surface area contributed by atoms with Gasteiger partial charge in [-0.1, -0.05) is 37.6 Å². The van der Waals surface area contributed by atoms with E-state index in [0.29, 0.717) is 26.1 Å². The van der Waals surface area contributed by atoms with Crippen molar-refractivity contribution in [3.05, 3.63) is 64.4 Å². The molecule has 0 aromatic heterocycles. The topological polar surface area (TPSA) is 66.5 Å². The summed E-state index contributed by atoms with van der Waals surface area (Å²) in [5.74, 6) is -0.778. The van der Waals surface area contributed by atoms with Crippen LogP contribution in [0.15, 0.2) is 47.4 Å². The van der Waals surface area contributed by atoms with Gasteiger partial charge in [-0.05, 0) is 42.3 Å². The zero-order valence-electron chi connectivity index (χ0n) is 15.2. The monoisotopic (exact) mass is 412 g/mol. The van der Waals surface area contributed by atoms with Crippen LogP contribution in [0.3, 0.4) is 0 Å². The molecule has 146 valence electrons. The first kappa shape index (κ1) is 21.3. The number of nitrogens with one attached hydrogen (secondary N) is 1. The van der Waals surface area contributed by atoms with Crippen molar-refractivity contribution < 1.29 is 17.6 Å². The first-order valence-electron chi connectivity index (χ1n) is 8.62. The van der Waals surface area contributed by atoms with Crippen LogP contribution in [0.4, 0.5) is 4.39 Å². The molecule has 0 spiro atoms. The lowest BCUT2D eigenvalue weighted by Crippen LogP contribution is -2.31. The van der Waals surface area contributed by atoms with E-state index in [2.05, 4.69) is 5.32 Å². The Bertz CT molecular complexity index is 898. The van der Waals surface area contributed by atoms with Crippen molar-refractivity contribution in [2.24, 2.45) is 0 Å². The largest absolute Gasteiger partial charge is 0.352 e. The number of hydrogen-bond donors (Lipinski definition) is 1. The molecule has 0 saturated carbocycles. The van der Waals surface area contributed by atoms with E-state index < -0.39 is 15.9 Å². The van der Waals surface area contributed by atoms with Crippen molar-refractivity contribution in [3.63, 3.8) is 0 Å². The van der Waals surface area contributed by atoms with Gasteiger partial charge in [-0.25, -0.2) is 12.8 Å². The summed E-state index contributed by atoms with van der Waals surface area (Å²) in [4.78, 5) is 12.5. The number of sulfonamides is 1. The maximum Gasteiger partial charge on any atom is 0.252 e. The SMILES string of the molecule is CCN(CC)S(=O)(=O)c1ccc(Cl)c(C(=O)NCCc2ccc(F)cc2)c1. The van der Waals surface area contributed by atoms with Gasteiger partial charge >= 0.3 is 0 Å². The van der Waals surface area contributed by atoms with Crippen LogP contribution in [0.1, 0.15) is 29.8 Å². The highest BCUT2D eigenvalue weighted by atomic mass is 35.5. The van der Waals surface area contributed by atoms with Gasteiger partial charge < -0.3 is 5.32 Å². The first-order valence-corrected chi connectivity index (χ1v) is 10.4. The molecule has 5 nitrogen and oxygen atoms in total. The van der Waals surface area contributed by atoms with Crippen LogP contribution in [0.5, 0.6) is 0 Å². The molecule has 0 aliphatic heterocycles. The van der Waals surface area contributed by atoms with Gasteiger partial charge in [0.1, 0.15) is 5.82 Å². The minimum Gasteiger partial charge on any atom is -0.352 e. The van der Waals surface area contributed by atoms with Gasteiger partial charge in [0, 0.05) is 19.6 Å². The summed E-state index contributed by atoms with van der Waals surface area (Å²) in [6.45, 7) is 4.48. The van der Waals surface area contributed by atoms with E-state index in [0.717, 1.165) is 5.56 Å². The fourth-order valence-corrected chi connectivity index (χ4v) is 4.31. The van der Waals surface area contributed by atoms with Gasteiger partial charge in [-0.3, -0.25) is 4.79 Å². The van der Waals surface area contributed by atoms with Crippen LogP contribution in [-0.4, -0.2) is 38.3 Å². The standard InChI is InChI=1S/C19H22ClFN2O3S/c1-3-23(4-2)27(25,26)16-9-10-18(20)17(13-16)19(24)22-12-11-14-5-7-15(21)8-6-14/h5-10,13H,3-4,11-12H2,1-2H3,(H,22,24). The number of rotatable bonds is 8. The molecule has 8 heteroatoms. The molecule has 0 atom stereocenters. The molecule has 0 heterocycles. The van der Waals surface area contributed by atoms with E-state index >= 15 is 0 Å². The fourth-order valence-electron chi connectivity index (χ4n) is 2.62. The Morgan fingerprint density at radius 1 is 1.11 bits per heavy atom. The molecule has 2 aromatic carbocycles. The van der Waals surface area contributed by atoms with E-state index in [9.17, 15) is 17.6 Å². The average Bonchev–Trinajstić information content (AvgIpc) is 2.64. The fraction of sp³-hybridized carbons (Fsp3) is 0.316.